The van der Waals surface area contributed by atoms with Crippen molar-refractivity contribution in [2.24, 2.45) is 0 Å². The number of carbonyl (C=O) groups is 1. The average Bonchev–Trinajstić information content (AvgIpc) is 2.70. The van der Waals surface area contributed by atoms with Crippen molar-refractivity contribution in [1.82, 2.24) is 10.2 Å². The first-order valence-corrected chi connectivity index (χ1v) is 6.82. The highest BCUT2D eigenvalue weighted by Gasteiger charge is 2.29. The lowest BCUT2D eigenvalue weighted by Gasteiger charge is -2.29. The van der Waals surface area contributed by atoms with Crippen molar-refractivity contribution >= 4 is 18.4 Å². The van der Waals surface area contributed by atoms with Gasteiger partial charge in [0.05, 0.1) is 7.11 Å². The van der Waals surface area contributed by atoms with Crippen LogP contribution >= 0.6 is 12.4 Å². The van der Waals surface area contributed by atoms with Crippen LogP contribution in [0.2, 0.25) is 0 Å². The lowest BCUT2D eigenvalue weighted by Crippen LogP contribution is -2.37. The molecule has 1 unspecified atom stereocenters. The first kappa shape index (κ1) is 17.0. The Bertz CT molecular complexity index is 432. The minimum atomic E-state index is -0.286. The van der Waals surface area contributed by atoms with E-state index >= 15 is 0 Å². The predicted octanol–water partition coefficient (Wildman–Crippen LogP) is 1.93. The number of hydrogen-bond donors (Lipinski definition) is 1. The van der Waals surface area contributed by atoms with E-state index in [4.69, 9.17) is 4.74 Å². The Morgan fingerprint density at radius 3 is 2.75 bits per heavy atom. The molecule has 1 N–H and O–H groups in total. The highest BCUT2D eigenvalue weighted by Crippen LogP contribution is 2.25. The van der Waals surface area contributed by atoms with E-state index in [0.29, 0.717) is 0 Å². The van der Waals surface area contributed by atoms with Gasteiger partial charge in [-0.15, -0.1) is 12.4 Å². The largest absolute Gasteiger partial charge is 0.468 e. The Balaban J connectivity index is 0.00000200. The molecule has 20 heavy (non-hydrogen) atoms. The summed E-state index contributed by atoms with van der Waals surface area (Å²) in [6.45, 7) is 5.76. The first-order chi connectivity index (χ1) is 9.24. The van der Waals surface area contributed by atoms with E-state index in [1.807, 2.05) is 31.2 Å². The fourth-order valence-electron chi connectivity index (χ4n) is 2.60. The zero-order chi connectivity index (χ0) is 13.7. The number of carbonyl (C=O) groups excluding carboxylic acids is 1. The van der Waals surface area contributed by atoms with Crippen molar-refractivity contribution in [3.63, 3.8) is 0 Å². The summed E-state index contributed by atoms with van der Waals surface area (Å²) in [5.41, 5.74) is 2.19. The third kappa shape index (κ3) is 3.95. The number of benzene rings is 1. The predicted molar refractivity (Wildman–Crippen MR) is 82.2 cm³/mol. The van der Waals surface area contributed by atoms with Gasteiger partial charge in [-0.05, 0) is 31.0 Å². The lowest BCUT2D eigenvalue weighted by atomic mass is 9.99. The molecule has 1 aliphatic heterocycles. The molecule has 0 aromatic heterocycles. The second-order valence-electron chi connectivity index (χ2n) is 4.92. The number of halogens is 1. The molecule has 1 aromatic carbocycles. The van der Waals surface area contributed by atoms with Gasteiger partial charge in [-0.3, -0.25) is 4.90 Å². The number of methoxy groups -OCH3 is 1. The number of nitrogens with one attached hydrogen (secondary N) is 1. The van der Waals surface area contributed by atoms with Crippen molar-refractivity contribution in [2.75, 3.05) is 33.3 Å². The first-order valence-electron chi connectivity index (χ1n) is 6.82. The molecular weight excluding hydrogens is 276 g/mol. The van der Waals surface area contributed by atoms with E-state index in [1.165, 1.54) is 7.11 Å². The Labute approximate surface area is 126 Å². The number of aryl methyl sites for hydroxylation is 1. The van der Waals surface area contributed by atoms with Gasteiger partial charge in [-0.2, -0.15) is 0 Å². The summed E-state index contributed by atoms with van der Waals surface area (Å²) in [6.07, 6.45) is 1.05. The van der Waals surface area contributed by atoms with Crippen LogP contribution < -0.4 is 5.32 Å². The number of ether oxygens (including phenoxy) is 1. The molecule has 1 saturated heterocycles. The molecule has 112 valence electrons. The number of hydrogen-bond acceptors (Lipinski definition) is 4. The Morgan fingerprint density at radius 2 is 2.05 bits per heavy atom. The van der Waals surface area contributed by atoms with Crippen molar-refractivity contribution in [3.8, 4) is 0 Å². The van der Waals surface area contributed by atoms with Crippen LogP contribution in [-0.2, 0) is 9.53 Å². The summed E-state index contributed by atoms with van der Waals surface area (Å²) in [7, 11) is 1.46. The van der Waals surface area contributed by atoms with Crippen LogP contribution in [0.1, 0.15) is 23.6 Å². The van der Waals surface area contributed by atoms with Crippen molar-refractivity contribution in [1.29, 1.82) is 0 Å². The third-order valence-electron chi connectivity index (χ3n) is 3.65. The van der Waals surface area contributed by atoms with Gasteiger partial charge >= 0.3 is 5.97 Å². The van der Waals surface area contributed by atoms with Gasteiger partial charge in [0, 0.05) is 19.6 Å². The SMILES string of the molecule is COC(=O)C(c1ccccc1C)N1CCCNCC1.Cl. The summed E-state index contributed by atoms with van der Waals surface area (Å²) in [5.74, 6) is -0.170. The van der Waals surface area contributed by atoms with Gasteiger partial charge in [0.15, 0.2) is 0 Å². The van der Waals surface area contributed by atoms with Crippen LogP contribution in [0.4, 0.5) is 0 Å². The monoisotopic (exact) mass is 298 g/mol. The minimum Gasteiger partial charge on any atom is -0.468 e. The third-order valence-corrected chi connectivity index (χ3v) is 3.65. The van der Waals surface area contributed by atoms with Gasteiger partial charge in [0.2, 0.25) is 0 Å². The van der Waals surface area contributed by atoms with Gasteiger partial charge in [-0.1, -0.05) is 24.3 Å². The van der Waals surface area contributed by atoms with E-state index in [-0.39, 0.29) is 24.4 Å². The van der Waals surface area contributed by atoms with Crippen molar-refractivity contribution < 1.29 is 9.53 Å². The maximum atomic E-state index is 12.2. The van der Waals surface area contributed by atoms with E-state index < -0.39 is 0 Å². The summed E-state index contributed by atoms with van der Waals surface area (Å²) < 4.78 is 5.01. The van der Waals surface area contributed by atoms with Crippen LogP contribution in [0, 0.1) is 6.92 Å². The molecule has 0 bridgehead atoms. The molecule has 0 aliphatic carbocycles. The van der Waals surface area contributed by atoms with Gasteiger partial charge in [-0.25, -0.2) is 4.79 Å². The minimum absolute atomic E-state index is 0. The molecule has 1 heterocycles. The Morgan fingerprint density at radius 1 is 1.30 bits per heavy atom. The number of rotatable bonds is 3. The lowest BCUT2D eigenvalue weighted by molar-refractivity contribution is -0.147. The van der Waals surface area contributed by atoms with Gasteiger partial charge < -0.3 is 10.1 Å². The van der Waals surface area contributed by atoms with Crippen molar-refractivity contribution in [3.05, 3.63) is 35.4 Å². The maximum absolute atomic E-state index is 12.2. The fraction of sp³-hybridized carbons (Fsp3) is 0.533. The molecule has 0 amide bonds. The van der Waals surface area contributed by atoms with Crippen LogP contribution in [-0.4, -0.2) is 44.2 Å². The zero-order valence-corrected chi connectivity index (χ0v) is 12.9. The molecule has 5 heteroatoms. The van der Waals surface area contributed by atoms with Crippen LogP contribution in [0.25, 0.3) is 0 Å². The molecule has 1 aromatic rings. The van der Waals surface area contributed by atoms with E-state index in [9.17, 15) is 4.79 Å². The summed E-state index contributed by atoms with van der Waals surface area (Å²) >= 11 is 0. The molecule has 1 aliphatic rings. The smallest absolute Gasteiger partial charge is 0.327 e. The summed E-state index contributed by atoms with van der Waals surface area (Å²) in [5, 5.41) is 3.36. The quantitative estimate of drug-likeness (QED) is 0.866. The Kier molecular flexibility index (Phi) is 6.99. The van der Waals surface area contributed by atoms with Crippen LogP contribution in [0.5, 0.6) is 0 Å². The second kappa shape index (κ2) is 8.25. The summed E-state index contributed by atoms with van der Waals surface area (Å²) in [6, 6.07) is 7.76. The van der Waals surface area contributed by atoms with Gasteiger partial charge in [0.1, 0.15) is 6.04 Å². The highest BCUT2D eigenvalue weighted by molar-refractivity contribution is 5.85. The van der Waals surface area contributed by atoms with Crippen LogP contribution in [0.15, 0.2) is 24.3 Å². The maximum Gasteiger partial charge on any atom is 0.327 e. The number of esters is 1. The van der Waals surface area contributed by atoms with E-state index in [0.717, 1.165) is 43.7 Å². The molecule has 0 radical (unpaired) electrons. The second-order valence-corrected chi connectivity index (χ2v) is 4.92. The molecule has 1 fully saturated rings. The molecule has 0 saturated carbocycles. The molecule has 2 rings (SSSR count). The van der Waals surface area contributed by atoms with Gasteiger partial charge in [0.25, 0.3) is 0 Å². The number of nitrogens with zero attached hydrogens (tertiary/aromatic N) is 1. The molecular formula is C15H23ClN2O2. The zero-order valence-electron chi connectivity index (χ0n) is 12.1. The molecule has 4 nitrogen and oxygen atoms in total. The standard InChI is InChI=1S/C15H22N2O2.ClH/c1-12-6-3-4-7-13(12)14(15(18)19-2)17-10-5-8-16-9-11-17;/h3-4,6-7,14,16H,5,8-11H2,1-2H3;1H. The normalized spacial score (nSPS) is 17.7. The average molecular weight is 299 g/mol. The fourth-order valence-corrected chi connectivity index (χ4v) is 2.60. The summed E-state index contributed by atoms with van der Waals surface area (Å²) in [4.78, 5) is 14.4. The van der Waals surface area contributed by atoms with Crippen LogP contribution in [0.3, 0.4) is 0 Å². The Hall–Kier alpha value is -1.10. The topological polar surface area (TPSA) is 41.6 Å². The van der Waals surface area contributed by atoms with E-state index in [2.05, 4.69) is 10.2 Å². The van der Waals surface area contributed by atoms with Crippen molar-refractivity contribution in [2.45, 2.75) is 19.4 Å². The molecule has 1 atom stereocenters. The molecule has 0 spiro atoms. The van der Waals surface area contributed by atoms with E-state index in [1.54, 1.807) is 0 Å². The highest BCUT2D eigenvalue weighted by atomic mass is 35.5.